The van der Waals surface area contributed by atoms with E-state index < -0.39 is 0 Å². The SMILES string of the molecule is C=CCSc1nccn1-c1ccc(C)c(C)c1. The third kappa shape index (κ3) is 2.61. The van der Waals surface area contributed by atoms with E-state index in [1.165, 1.54) is 11.1 Å². The van der Waals surface area contributed by atoms with Crippen LogP contribution in [0.25, 0.3) is 5.69 Å². The van der Waals surface area contributed by atoms with E-state index in [9.17, 15) is 0 Å². The molecule has 0 aliphatic heterocycles. The van der Waals surface area contributed by atoms with Gasteiger partial charge >= 0.3 is 0 Å². The molecule has 88 valence electrons. The minimum Gasteiger partial charge on any atom is -0.295 e. The summed E-state index contributed by atoms with van der Waals surface area (Å²) in [4.78, 5) is 4.36. The van der Waals surface area contributed by atoms with Gasteiger partial charge in [0.25, 0.3) is 0 Å². The molecule has 0 atom stereocenters. The summed E-state index contributed by atoms with van der Waals surface area (Å²) in [6.45, 7) is 7.99. The molecule has 0 N–H and O–H groups in total. The van der Waals surface area contributed by atoms with Crippen molar-refractivity contribution in [1.29, 1.82) is 0 Å². The lowest BCUT2D eigenvalue weighted by atomic mass is 10.1. The minimum atomic E-state index is 0.877. The fraction of sp³-hybridized carbons (Fsp3) is 0.214. The highest BCUT2D eigenvalue weighted by Gasteiger charge is 2.05. The average molecular weight is 244 g/mol. The molecular weight excluding hydrogens is 228 g/mol. The van der Waals surface area contributed by atoms with Gasteiger partial charge in [-0.15, -0.1) is 6.58 Å². The highest BCUT2D eigenvalue weighted by atomic mass is 32.2. The Morgan fingerprint density at radius 3 is 2.88 bits per heavy atom. The van der Waals surface area contributed by atoms with Crippen LogP contribution in [0, 0.1) is 13.8 Å². The molecule has 0 saturated carbocycles. The first-order valence-electron chi connectivity index (χ1n) is 5.57. The van der Waals surface area contributed by atoms with Gasteiger partial charge in [-0.3, -0.25) is 4.57 Å². The first kappa shape index (κ1) is 12.0. The van der Waals surface area contributed by atoms with Crippen molar-refractivity contribution < 1.29 is 0 Å². The third-order valence-electron chi connectivity index (χ3n) is 2.71. The Morgan fingerprint density at radius 1 is 1.35 bits per heavy atom. The molecule has 0 unspecified atom stereocenters. The summed E-state index contributed by atoms with van der Waals surface area (Å²) in [5.74, 6) is 0.877. The third-order valence-corrected chi connectivity index (χ3v) is 3.67. The van der Waals surface area contributed by atoms with E-state index in [0.29, 0.717) is 0 Å². The molecule has 0 spiro atoms. The zero-order valence-corrected chi connectivity index (χ0v) is 11.0. The molecule has 1 heterocycles. The Labute approximate surface area is 106 Å². The monoisotopic (exact) mass is 244 g/mol. The number of aryl methyl sites for hydroxylation is 2. The molecule has 0 aliphatic rings. The van der Waals surface area contributed by atoms with Crippen LogP contribution < -0.4 is 0 Å². The van der Waals surface area contributed by atoms with Crippen molar-refractivity contribution >= 4 is 11.8 Å². The number of rotatable bonds is 4. The summed E-state index contributed by atoms with van der Waals surface area (Å²) in [5.41, 5.74) is 3.78. The molecule has 1 aromatic heterocycles. The van der Waals surface area contributed by atoms with E-state index >= 15 is 0 Å². The number of hydrogen-bond acceptors (Lipinski definition) is 2. The first-order valence-corrected chi connectivity index (χ1v) is 6.55. The van der Waals surface area contributed by atoms with Crippen molar-refractivity contribution in [3.8, 4) is 5.69 Å². The first-order chi connectivity index (χ1) is 8.22. The number of aromatic nitrogens is 2. The second kappa shape index (κ2) is 5.23. The van der Waals surface area contributed by atoms with Gasteiger partial charge in [-0.25, -0.2) is 4.98 Å². The van der Waals surface area contributed by atoms with Crippen LogP contribution in [0.4, 0.5) is 0 Å². The van der Waals surface area contributed by atoms with E-state index in [0.717, 1.165) is 16.6 Å². The van der Waals surface area contributed by atoms with Gasteiger partial charge in [0.1, 0.15) is 0 Å². The summed E-state index contributed by atoms with van der Waals surface area (Å²) in [6.07, 6.45) is 5.72. The van der Waals surface area contributed by atoms with Gasteiger partial charge < -0.3 is 0 Å². The van der Waals surface area contributed by atoms with Crippen molar-refractivity contribution in [2.75, 3.05) is 5.75 Å². The van der Waals surface area contributed by atoms with Gasteiger partial charge in [0.2, 0.25) is 0 Å². The van der Waals surface area contributed by atoms with Crippen molar-refractivity contribution in [1.82, 2.24) is 9.55 Å². The summed E-state index contributed by atoms with van der Waals surface area (Å²) in [6, 6.07) is 6.46. The van der Waals surface area contributed by atoms with Crippen LogP contribution in [-0.2, 0) is 0 Å². The Balaban J connectivity index is 2.35. The van der Waals surface area contributed by atoms with Gasteiger partial charge in [-0.05, 0) is 37.1 Å². The van der Waals surface area contributed by atoms with Crippen LogP contribution in [0.15, 0.2) is 48.4 Å². The Hall–Kier alpha value is -1.48. The Bertz CT molecular complexity index is 529. The van der Waals surface area contributed by atoms with E-state index in [1.807, 2.05) is 18.5 Å². The Morgan fingerprint density at radius 2 is 2.18 bits per heavy atom. The number of imidazole rings is 1. The lowest BCUT2D eigenvalue weighted by Gasteiger charge is -2.09. The number of nitrogens with zero attached hydrogens (tertiary/aromatic N) is 2. The van der Waals surface area contributed by atoms with Crippen LogP contribution in [-0.4, -0.2) is 15.3 Å². The quantitative estimate of drug-likeness (QED) is 0.602. The smallest absolute Gasteiger partial charge is 0.172 e. The summed E-state index contributed by atoms with van der Waals surface area (Å²) in [7, 11) is 0. The molecule has 3 heteroatoms. The average Bonchev–Trinajstić information content (AvgIpc) is 2.78. The Kier molecular flexibility index (Phi) is 3.69. The van der Waals surface area contributed by atoms with Gasteiger partial charge in [-0.2, -0.15) is 0 Å². The largest absolute Gasteiger partial charge is 0.295 e. The highest BCUT2D eigenvalue weighted by Crippen LogP contribution is 2.21. The maximum atomic E-state index is 4.36. The van der Waals surface area contributed by atoms with Gasteiger partial charge in [0, 0.05) is 23.8 Å². The molecule has 2 rings (SSSR count). The van der Waals surface area contributed by atoms with E-state index in [4.69, 9.17) is 0 Å². The van der Waals surface area contributed by atoms with E-state index in [1.54, 1.807) is 11.8 Å². The van der Waals surface area contributed by atoms with Crippen LogP contribution >= 0.6 is 11.8 Å². The molecule has 17 heavy (non-hydrogen) atoms. The van der Waals surface area contributed by atoms with Crippen molar-refractivity contribution in [2.45, 2.75) is 19.0 Å². The zero-order chi connectivity index (χ0) is 12.3. The standard InChI is InChI=1S/C14H16N2S/c1-4-9-17-14-15-7-8-16(14)13-6-5-11(2)12(3)10-13/h4-8,10H,1,9H2,2-3H3. The fourth-order valence-corrected chi connectivity index (χ4v) is 2.31. The minimum absolute atomic E-state index is 0.877. The molecule has 0 amide bonds. The maximum Gasteiger partial charge on any atom is 0.172 e. The molecule has 1 aromatic carbocycles. The molecule has 2 aromatic rings. The molecular formula is C14H16N2S. The van der Waals surface area contributed by atoms with Crippen molar-refractivity contribution in [2.24, 2.45) is 0 Å². The summed E-state index contributed by atoms with van der Waals surface area (Å²) < 4.78 is 2.11. The molecule has 0 saturated heterocycles. The van der Waals surface area contributed by atoms with Crippen LogP contribution in [0.2, 0.25) is 0 Å². The van der Waals surface area contributed by atoms with Crippen molar-refractivity contribution in [3.05, 3.63) is 54.4 Å². The fourth-order valence-electron chi connectivity index (χ4n) is 1.60. The van der Waals surface area contributed by atoms with Crippen LogP contribution in [0.1, 0.15) is 11.1 Å². The molecule has 0 radical (unpaired) electrons. The predicted molar refractivity (Wildman–Crippen MR) is 74.0 cm³/mol. The lowest BCUT2D eigenvalue weighted by molar-refractivity contribution is 0.894. The second-order valence-electron chi connectivity index (χ2n) is 3.95. The van der Waals surface area contributed by atoms with Crippen LogP contribution in [0.3, 0.4) is 0 Å². The van der Waals surface area contributed by atoms with Gasteiger partial charge in [-0.1, -0.05) is 23.9 Å². The predicted octanol–water partition coefficient (Wildman–Crippen LogP) is 3.77. The van der Waals surface area contributed by atoms with Gasteiger partial charge in [0.15, 0.2) is 5.16 Å². The number of thioether (sulfide) groups is 1. The summed E-state index contributed by atoms with van der Waals surface area (Å²) in [5, 5.41) is 1.01. The van der Waals surface area contributed by atoms with E-state index in [2.05, 4.69) is 48.2 Å². The van der Waals surface area contributed by atoms with Crippen LogP contribution in [0.5, 0.6) is 0 Å². The highest BCUT2D eigenvalue weighted by molar-refractivity contribution is 7.99. The van der Waals surface area contributed by atoms with E-state index in [-0.39, 0.29) is 0 Å². The van der Waals surface area contributed by atoms with Gasteiger partial charge in [0.05, 0.1) is 0 Å². The second-order valence-corrected chi connectivity index (χ2v) is 4.94. The lowest BCUT2D eigenvalue weighted by Crippen LogP contribution is -1.96. The van der Waals surface area contributed by atoms with Crippen molar-refractivity contribution in [3.63, 3.8) is 0 Å². The molecule has 0 fully saturated rings. The maximum absolute atomic E-state index is 4.36. The number of benzene rings is 1. The zero-order valence-electron chi connectivity index (χ0n) is 10.2. The molecule has 2 nitrogen and oxygen atoms in total. The normalized spacial score (nSPS) is 10.5. The topological polar surface area (TPSA) is 17.8 Å². The number of hydrogen-bond donors (Lipinski definition) is 0. The molecule has 0 bridgehead atoms. The summed E-state index contributed by atoms with van der Waals surface area (Å²) >= 11 is 1.69. The molecule has 0 aliphatic carbocycles.